The van der Waals surface area contributed by atoms with E-state index in [1.165, 1.54) is 0 Å². The summed E-state index contributed by atoms with van der Waals surface area (Å²) in [6.45, 7) is 3.85. The van der Waals surface area contributed by atoms with Crippen LogP contribution in [0.3, 0.4) is 0 Å². The number of hydrogen-bond acceptors (Lipinski definition) is 3. The summed E-state index contributed by atoms with van der Waals surface area (Å²) in [5, 5.41) is 18.9. The Bertz CT molecular complexity index is 160. The summed E-state index contributed by atoms with van der Waals surface area (Å²) in [4.78, 5) is 2.19. The van der Waals surface area contributed by atoms with Gasteiger partial charge in [0.1, 0.15) is 0 Å². The molecular weight excluding hydrogens is 142 g/mol. The van der Waals surface area contributed by atoms with Gasteiger partial charge in [-0.1, -0.05) is 6.92 Å². The van der Waals surface area contributed by atoms with Crippen molar-refractivity contribution in [3.63, 3.8) is 0 Å². The lowest BCUT2D eigenvalue weighted by atomic mass is 9.98. The Morgan fingerprint density at radius 3 is 2.73 bits per heavy atom. The highest BCUT2D eigenvalue weighted by Crippen LogP contribution is 2.32. The lowest BCUT2D eigenvalue weighted by molar-refractivity contribution is 0.0314. The molecule has 4 atom stereocenters. The highest BCUT2D eigenvalue weighted by molar-refractivity contribution is 4.99. The summed E-state index contributed by atoms with van der Waals surface area (Å²) in [6, 6.07) is 0.227. The predicted molar refractivity (Wildman–Crippen MR) is 41.2 cm³/mol. The van der Waals surface area contributed by atoms with Crippen LogP contribution < -0.4 is 0 Å². The lowest BCUT2D eigenvalue weighted by Crippen LogP contribution is -2.35. The van der Waals surface area contributed by atoms with Gasteiger partial charge in [0.25, 0.3) is 0 Å². The Balaban J connectivity index is 2.13. The zero-order valence-electron chi connectivity index (χ0n) is 6.77. The van der Waals surface area contributed by atoms with Crippen molar-refractivity contribution in [2.45, 2.75) is 31.6 Å². The van der Waals surface area contributed by atoms with Gasteiger partial charge in [0.2, 0.25) is 0 Å². The monoisotopic (exact) mass is 157 g/mol. The third-order valence-electron chi connectivity index (χ3n) is 3.04. The number of aliphatic hydroxyl groups is 2. The standard InChI is InChI=1S/C8H15NO2/c1-5-2-3-9-4-6(10)8(11)7(5)9/h5-8,10-11H,2-4H2,1H3/t5-,6+,7+,8-/m1/s1. The number of aliphatic hydroxyl groups excluding tert-OH is 2. The predicted octanol–water partition coefficient (Wildman–Crippen LogP) is -0.568. The number of rotatable bonds is 0. The van der Waals surface area contributed by atoms with E-state index >= 15 is 0 Å². The minimum absolute atomic E-state index is 0.227. The molecule has 3 heteroatoms. The van der Waals surface area contributed by atoms with Crippen LogP contribution >= 0.6 is 0 Å². The van der Waals surface area contributed by atoms with Crippen LogP contribution in [0.25, 0.3) is 0 Å². The van der Waals surface area contributed by atoms with Gasteiger partial charge in [-0.2, -0.15) is 0 Å². The zero-order chi connectivity index (χ0) is 8.01. The molecule has 11 heavy (non-hydrogen) atoms. The van der Waals surface area contributed by atoms with Crippen molar-refractivity contribution in [3.8, 4) is 0 Å². The molecule has 0 aromatic heterocycles. The molecule has 0 aromatic carbocycles. The Hall–Kier alpha value is -0.120. The first-order chi connectivity index (χ1) is 5.20. The van der Waals surface area contributed by atoms with Crippen LogP contribution in [0.4, 0.5) is 0 Å². The summed E-state index contributed by atoms with van der Waals surface area (Å²) in [5.74, 6) is 0.544. The van der Waals surface area contributed by atoms with Gasteiger partial charge in [-0.05, 0) is 18.9 Å². The smallest absolute Gasteiger partial charge is 0.0969 e. The van der Waals surface area contributed by atoms with Crippen LogP contribution in [0.15, 0.2) is 0 Å². The van der Waals surface area contributed by atoms with Crippen LogP contribution in [0, 0.1) is 5.92 Å². The third kappa shape index (κ3) is 0.991. The van der Waals surface area contributed by atoms with Crippen molar-refractivity contribution in [2.75, 3.05) is 13.1 Å². The van der Waals surface area contributed by atoms with E-state index in [1.54, 1.807) is 0 Å². The van der Waals surface area contributed by atoms with E-state index < -0.39 is 12.2 Å². The highest BCUT2D eigenvalue weighted by atomic mass is 16.3. The summed E-state index contributed by atoms with van der Waals surface area (Å²) in [5.41, 5.74) is 0. The molecule has 2 aliphatic heterocycles. The molecule has 2 fully saturated rings. The lowest BCUT2D eigenvalue weighted by Gasteiger charge is -2.19. The third-order valence-corrected chi connectivity index (χ3v) is 3.04. The van der Waals surface area contributed by atoms with Gasteiger partial charge in [-0.3, -0.25) is 4.90 Å². The highest BCUT2D eigenvalue weighted by Gasteiger charge is 2.45. The fourth-order valence-corrected chi connectivity index (χ4v) is 2.39. The molecule has 0 aliphatic carbocycles. The van der Waals surface area contributed by atoms with Gasteiger partial charge in [-0.15, -0.1) is 0 Å². The fourth-order valence-electron chi connectivity index (χ4n) is 2.39. The molecule has 2 rings (SSSR count). The zero-order valence-corrected chi connectivity index (χ0v) is 6.77. The number of hydrogen-bond donors (Lipinski definition) is 2. The fraction of sp³-hybridized carbons (Fsp3) is 1.00. The second-order valence-corrected chi connectivity index (χ2v) is 3.81. The van der Waals surface area contributed by atoms with E-state index in [2.05, 4.69) is 11.8 Å². The minimum atomic E-state index is -0.511. The van der Waals surface area contributed by atoms with Crippen molar-refractivity contribution < 1.29 is 10.2 Å². The van der Waals surface area contributed by atoms with Crippen molar-refractivity contribution in [1.82, 2.24) is 4.90 Å². The van der Waals surface area contributed by atoms with Gasteiger partial charge in [-0.25, -0.2) is 0 Å². The second kappa shape index (κ2) is 2.44. The molecule has 0 bridgehead atoms. The molecular formula is C8H15NO2. The van der Waals surface area contributed by atoms with E-state index in [-0.39, 0.29) is 6.04 Å². The Kier molecular flexibility index (Phi) is 1.67. The van der Waals surface area contributed by atoms with E-state index in [0.29, 0.717) is 12.5 Å². The first-order valence-corrected chi connectivity index (χ1v) is 4.30. The molecule has 0 spiro atoms. The van der Waals surface area contributed by atoms with Gasteiger partial charge in [0.15, 0.2) is 0 Å². The summed E-state index contributed by atoms with van der Waals surface area (Å²) in [7, 11) is 0. The maximum absolute atomic E-state index is 9.55. The van der Waals surface area contributed by atoms with E-state index in [0.717, 1.165) is 13.0 Å². The normalized spacial score (nSPS) is 51.5. The average molecular weight is 157 g/mol. The van der Waals surface area contributed by atoms with Crippen LogP contribution in [0.5, 0.6) is 0 Å². The quantitative estimate of drug-likeness (QED) is 0.495. The first-order valence-electron chi connectivity index (χ1n) is 4.30. The van der Waals surface area contributed by atoms with Crippen LogP contribution in [-0.2, 0) is 0 Å². The summed E-state index contributed by atoms with van der Waals surface area (Å²) >= 11 is 0. The SMILES string of the molecule is C[C@@H]1CCN2C[C@H](O)[C@@H](O)[C@H]12. The second-order valence-electron chi connectivity index (χ2n) is 3.81. The van der Waals surface area contributed by atoms with Gasteiger partial charge in [0, 0.05) is 12.6 Å². The van der Waals surface area contributed by atoms with Gasteiger partial charge >= 0.3 is 0 Å². The molecule has 0 saturated carbocycles. The van der Waals surface area contributed by atoms with Gasteiger partial charge in [0.05, 0.1) is 12.2 Å². The Labute approximate surface area is 66.6 Å². The summed E-state index contributed by atoms with van der Waals surface area (Å²) in [6.07, 6.45) is 0.143. The Morgan fingerprint density at radius 2 is 2.09 bits per heavy atom. The van der Waals surface area contributed by atoms with E-state index in [4.69, 9.17) is 0 Å². The van der Waals surface area contributed by atoms with Crippen molar-refractivity contribution in [3.05, 3.63) is 0 Å². The molecule has 2 aliphatic rings. The van der Waals surface area contributed by atoms with Crippen molar-refractivity contribution >= 4 is 0 Å². The molecule has 2 N–H and O–H groups in total. The van der Waals surface area contributed by atoms with E-state index in [1.807, 2.05) is 0 Å². The van der Waals surface area contributed by atoms with Crippen LogP contribution in [0.2, 0.25) is 0 Å². The maximum Gasteiger partial charge on any atom is 0.0969 e. The summed E-state index contributed by atoms with van der Waals surface area (Å²) < 4.78 is 0. The molecule has 64 valence electrons. The van der Waals surface area contributed by atoms with Crippen LogP contribution in [-0.4, -0.2) is 46.5 Å². The van der Waals surface area contributed by atoms with Crippen LogP contribution in [0.1, 0.15) is 13.3 Å². The molecule has 3 nitrogen and oxygen atoms in total. The first kappa shape index (κ1) is 7.53. The number of fused-ring (bicyclic) bond motifs is 1. The number of nitrogens with zero attached hydrogens (tertiary/aromatic N) is 1. The van der Waals surface area contributed by atoms with Gasteiger partial charge < -0.3 is 10.2 Å². The average Bonchev–Trinajstić information content (AvgIpc) is 2.41. The molecule has 0 aromatic rings. The minimum Gasteiger partial charge on any atom is -0.389 e. The van der Waals surface area contributed by atoms with Crippen molar-refractivity contribution in [1.29, 1.82) is 0 Å². The molecule has 0 radical (unpaired) electrons. The van der Waals surface area contributed by atoms with E-state index in [9.17, 15) is 10.2 Å². The molecule has 0 amide bonds. The topological polar surface area (TPSA) is 43.7 Å². The molecule has 0 unspecified atom stereocenters. The molecule has 2 saturated heterocycles. The molecule has 2 heterocycles. The van der Waals surface area contributed by atoms with Crippen molar-refractivity contribution in [2.24, 2.45) is 5.92 Å². The maximum atomic E-state index is 9.55. The Morgan fingerprint density at radius 1 is 1.36 bits per heavy atom. The largest absolute Gasteiger partial charge is 0.389 e.